The molecule has 0 atom stereocenters. The van der Waals surface area contributed by atoms with Gasteiger partial charge in [-0.1, -0.05) is 17.7 Å². The lowest BCUT2D eigenvalue weighted by Gasteiger charge is -2.20. The first kappa shape index (κ1) is 11.9. The third-order valence-electron chi connectivity index (χ3n) is 2.41. The molecule has 0 spiro atoms. The van der Waals surface area contributed by atoms with E-state index in [4.69, 9.17) is 21.4 Å². The van der Waals surface area contributed by atoms with Crippen molar-refractivity contribution < 1.29 is 14.6 Å². The highest BCUT2D eigenvalue weighted by molar-refractivity contribution is 6.32. The van der Waals surface area contributed by atoms with Crippen LogP contribution in [0.25, 0.3) is 0 Å². The van der Waals surface area contributed by atoms with E-state index in [9.17, 15) is 4.79 Å². The van der Waals surface area contributed by atoms with Crippen molar-refractivity contribution >= 4 is 17.6 Å². The smallest absolute Gasteiger partial charge is 0.313 e. The number of carboxylic acids is 1. The Kier molecular flexibility index (Phi) is 3.25. The summed E-state index contributed by atoms with van der Waals surface area (Å²) in [5, 5.41) is 9.53. The van der Waals surface area contributed by atoms with E-state index < -0.39 is 11.4 Å². The highest BCUT2D eigenvalue weighted by Gasteiger charge is 2.29. The third kappa shape index (κ3) is 2.23. The zero-order valence-electron chi connectivity index (χ0n) is 8.87. The molecule has 0 radical (unpaired) electrons. The second kappa shape index (κ2) is 4.11. The molecule has 0 fully saturated rings. The van der Waals surface area contributed by atoms with Crippen LogP contribution in [0.2, 0.25) is 5.02 Å². The molecule has 0 saturated carbocycles. The number of carbonyl (C=O) groups is 1. The van der Waals surface area contributed by atoms with Crippen molar-refractivity contribution in [3.63, 3.8) is 0 Å². The lowest BCUT2D eigenvalue weighted by atomic mass is 9.85. The topological polar surface area (TPSA) is 46.5 Å². The van der Waals surface area contributed by atoms with Crippen LogP contribution in [0.5, 0.6) is 5.75 Å². The molecule has 0 aliphatic carbocycles. The van der Waals surface area contributed by atoms with Crippen LogP contribution in [-0.2, 0) is 10.2 Å². The van der Waals surface area contributed by atoms with E-state index in [1.807, 2.05) is 0 Å². The van der Waals surface area contributed by atoms with Gasteiger partial charge in [-0.2, -0.15) is 0 Å². The molecule has 15 heavy (non-hydrogen) atoms. The summed E-state index contributed by atoms with van der Waals surface area (Å²) in [6, 6.07) is 4.98. The summed E-state index contributed by atoms with van der Waals surface area (Å²) in [6.07, 6.45) is 0. The van der Waals surface area contributed by atoms with E-state index in [0.29, 0.717) is 16.3 Å². The fourth-order valence-electron chi connectivity index (χ4n) is 1.17. The number of aliphatic carboxylic acids is 1. The van der Waals surface area contributed by atoms with Crippen LogP contribution in [0.3, 0.4) is 0 Å². The average molecular weight is 229 g/mol. The van der Waals surface area contributed by atoms with Gasteiger partial charge in [0.25, 0.3) is 0 Å². The summed E-state index contributed by atoms with van der Waals surface area (Å²) < 4.78 is 5.04. The molecule has 1 N–H and O–H groups in total. The molecule has 0 saturated heterocycles. The summed E-state index contributed by atoms with van der Waals surface area (Å²) in [4.78, 5) is 11.0. The maximum Gasteiger partial charge on any atom is 0.313 e. The van der Waals surface area contributed by atoms with Crippen LogP contribution < -0.4 is 4.74 Å². The Morgan fingerprint density at radius 3 is 2.53 bits per heavy atom. The molecule has 1 aromatic rings. The van der Waals surface area contributed by atoms with Gasteiger partial charge in [0.15, 0.2) is 0 Å². The van der Waals surface area contributed by atoms with Gasteiger partial charge in [-0.25, -0.2) is 0 Å². The van der Waals surface area contributed by atoms with Gasteiger partial charge in [0.05, 0.1) is 17.5 Å². The first-order chi connectivity index (χ1) is 6.89. The van der Waals surface area contributed by atoms with Gasteiger partial charge in [-0.3, -0.25) is 4.79 Å². The van der Waals surface area contributed by atoms with E-state index in [1.54, 1.807) is 32.0 Å². The number of rotatable bonds is 3. The normalized spacial score (nSPS) is 11.2. The Balaban J connectivity index is 3.22. The fraction of sp³-hybridized carbons (Fsp3) is 0.364. The Morgan fingerprint density at radius 1 is 1.47 bits per heavy atom. The maximum absolute atomic E-state index is 11.0. The van der Waals surface area contributed by atoms with Gasteiger partial charge in [0, 0.05) is 0 Å². The molecule has 0 aliphatic rings. The van der Waals surface area contributed by atoms with Crippen LogP contribution in [0.1, 0.15) is 19.4 Å². The summed E-state index contributed by atoms with van der Waals surface area (Å²) >= 11 is 5.85. The standard InChI is InChI=1S/C11H13ClO3/c1-11(2,10(13)14)7-4-5-8(12)9(6-7)15-3/h4-6H,1-3H3,(H,13,14). The van der Waals surface area contributed by atoms with Crippen molar-refractivity contribution in [1.82, 2.24) is 0 Å². The number of hydrogen-bond acceptors (Lipinski definition) is 2. The SMILES string of the molecule is COc1cc(C(C)(C)C(=O)O)ccc1Cl. The summed E-state index contributed by atoms with van der Waals surface area (Å²) in [6.45, 7) is 3.27. The molecular weight excluding hydrogens is 216 g/mol. The van der Waals surface area contributed by atoms with E-state index in [0.717, 1.165) is 0 Å². The molecule has 0 bridgehead atoms. The Bertz CT molecular complexity index is 385. The highest BCUT2D eigenvalue weighted by atomic mass is 35.5. The van der Waals surface area contributed by atoms with Crippen molar-refractivity contribution in [3.05, 3.63) is 28.8 Å². The number of carboxylic acid groups (broad SMARTS) is 1. The zero-order valence-corrected chi connectivity index (χ0v) is 9.63. The zero-order chi connectivity index (χ0) is 11.6. The van der Waals surface area contributed by atoms with Gasteiger partial charge < -0.3 is 9.84 Å². The molecule has 0 unspecified atom stereocenters. The largest absolute Gasteiger partial charge is 0.495 e. The van der Waals surface area contributed by atoms with Gasteiger partial charge in [-0.15, -0.1) is 0 Å². The fourth-order valence-corrected chi connectivity index (χ4v) is 1.37. The monoisotopic (exact) mass is 228 g/mol. The van der Waals surface area contributed by atoms with Crippen LogP contribution >= 0.6 is 11.6 Å². The van der Waals surface area contributed by atoms with Crippen LogP contribution in [-0.4, -0.2) is 18.2 Å². The molecule has 0 amide bonds. The van der Waals surface area contributed by atoms with E-state index in [-0.39, 0.29) is 0 Å². The number of benzene rings is 1. The highest BCUT2D eigenvalue weighted by Crippen LogP contribution is 2.31. The Morgan fingerprint density at radius 2 is 2.07 bits per heavy atom. The summed E-state index contributed by atoms with van der Waals surface area (Å²) in [5.74, 6) is -0.393. The van der Waals surface area contributed by atoms with Crippen molar-refractivity contribution in [2.45, 2.75) is 19.3 Å². The van der Waals surface area contributed by atoms with Crippen molar-refractivity contribution in [3.8, 4) is 5.75 Å². The minimum atomic E-state index is -0.947. The molecular formula is C11H13ClO3. The number of halogens is 1. The van der Waals surface area contributed by atoms with Crippen molar-refractivity contribution in [1.29, 1.82) is 0 Å². The Labute approximate surface area is 93.6 Å². The van der Waals surface area contributed by atoms with Crippen LogP contribution in [0.4, 0.5) is 0 Å². The maximum atomic E-state index is 11.0. The third-order valence-corrected chi connectivity index (χ3v) is 2.72. The quantitative estimate of drug-likeness (QED) is 0.865. The minimum absolute atomic E-state index is 0.474. The van der Waals surface area contributed by atoms with Crippen LogP contribution in [0, 0.1) is 0 Å². The van der Waals surface area contributed by atoms with E-state index >= 15 is 0 Å². The molecule has 1 aromatic carbocycles. The van der Waals surface area contributed by atoms with Crippen LogP contribution in [0.15, 0.2) is 18.2 Å². The van der Waals surface area contributed by atoms with Gasteiger partial charge in [0.2, 0.25) is 0 Å². The van der Waals surface area contributed by atoms with Gasteiger partial charge >= 0.3 is 5.97 Å². The molecule has 82 valence electrons. The van der Waals surface area contributed by atoms with Crippen molar-refractivity contribution in [2.24, 2.45) is 0 Å². The first-order valence-corrected chi connectivity index (χ1v) is 4.85. The second-order valence-corrected chi connectivity index (χ2v) is 4.19. The molecule has 3 nitrogen and oxygen atoms in total. The van der Waals surface area contributed by atoms with Gasteiger partial charge in [-0.05, 0) is 31.5 Å². The molecule has 4 heteroatoms. The molecule has 1 rings (SSSR count). The molecule has 0 heterocycles. The number of ether oxygens (including phenoxy) is 1. The summed E-state index contributed by atoms with van der Waals surface area (Å²) in [7, 11) is 1.50. The number of hydrogen-bond donors (Lipinski definition) is 1. The lowest BCUT2D eigenvalue weighted by molar-refractivity contribution is -0.142. The first-order valence-electron chi connectivity index (χ1n) is 4.47. The van der Waals surface area contributed by atoms with E-state index in [2.05, 4.69) is 0 Å². The molecule has 0 aliphatic heterocycles. The van der Waals surface area contributed by atoms with Crippen molar-refractivity contribution in [2.75, 3.05) is 7.11 Å². The minimum Gasteiger partial charge on any atom is -0.495 e. The number of methoxy groups -OCH3 is 1. The van der Waals surface area contributed by atoms with Gasteiger partial charge in [0.1, 0.15) is 5.75 Å². The predicted octanol–water partition coefficient (Wildman–Crippen LogP) is 2.71. The average Bonchev–Trinajstić information content (AvgIpc) is 2.18. The second-order valence-electron chi connectivity index (χ2n) is 3.78. The lowest BCUT2D eigenvalue weighted by Crippen LogP contribution is -2.28. The predicted molar refractivity (Wildman–Crippen MR) is 58.7 cm³/mol. The molecule has 0 aromatic heterocycles. The Hall–Kier alpha value is -1.22. The van der Waals surface area contributed by atoms with E-state index in [1.165, 1.54) is 7.11 Å². The summed E-state index contributed by atoms with van der Waals surface area (Å²) in [5.41, 5.74) is -0.283.